The quantitative estimate of drug-likeness (QED) is 0.335. The first kappa shape index (κ1) is 21.3. The van der Waals surface area contributed by atoms with E-state index in [1.54, 1.807) is 0 Å². The zero-order chi connectivity index (χ0) is 19.5. The Kier molecular flexibility index (Phi) is 9.19. The van der Waals surface area contributed by atoms with E-state index < -0.39 is 0 Å². The normalized spacial score (nSPS) is 15.4. The van der Waals surface area contributed by atoms with Gasteiger partial charge in [0, 0.05) is 38.5 Å². The van der Waals surface area contributed by atoms with Gasteiger partial charge < -0.3 is 20.6 Å². The maximum atomic E-state index is 9.30. The van der Waals surface area contributed by atoms with Gasteiger partial charge in [0.05, 0.1) is 6.54 Å². The largest absolute Gasteiger partial charge is 0.396 e. The smallest absolute Gasteiger partial charge is 0.191 e. The van der Waals surface area contributed by atoms with Crippen molar-refractivity contribution >= 4 is 11.6 Å². The number of rotatable bonds is 10. The van der Waals surface area contributed by atoms with Gasteiger partial charge in [-0.2, -0.15) is 0 Å². The summed E-state index contributed by atoms with van der Waals surface area (Å²) < 4.78 is 0. The highest BCUT2D eigenvalue weighted by atomic mass is 16.3. The molecule has 1 unspecified atom stereocenters. The second-order valence-corrected chi connectivity index (χ2v) is 7.63. The van der Waals surface area contributed by atoms with Crippen molar-refractivity contribution < 1.29 is 5.11 Å². The molecule has 1 atom stereocenters. The van der Waals surface area contributed by atoms with Crippen LogP contribution in [0.1, 0.15) is 39.2 Å². The molecular weight excluding hydrogens is 336 g/mol. The summed E-state index contributed by atoms with van der Waals surface area (Å²) in [4.78, 5) is 7.11. The number of benzene rings is 1. The fourth-order valence-corrected chi connectivity index (χ4v) is 3.45. The molecule has 0 saturated carbocycles. The second kappa shape index (κ2) is 11.7. The molecule has 150 valence electrons. The number of nitrogens with zero attached hydrogens (tertiary/aromatic N) is 2. The third-order valence-corrected chi connectivity index (χ3v) is 4.76. The van der Waals surface area contributed by atoms with Crippen LogP contribution in [-0.4, -0.2) is 43.9 Å². The maximum absolute atomic E-state index is 9.30. The van der Waals surface area contributed by atoms with Gasteiger partial charge in [-0.15, -0.1) is 0 Å². The molecule has 3 N–H and O–H groups in total. The standard InChI is InChI=1S/C22H36N4O/c1-4-23-22(25-17-20(10-13-27)14-18(2)3)24-16-19-8-7-9-21(15-19)26-11-5-6-12-26/h5-9,15,18,20,27H,4,10-14,16-17H2,1-3H3,(H2,23,24,25). The summed E-state index contributed by atoms with van der Waals surface area (Å²) in [7, 11) is 0. The fourth-order valence-electron chi connectivity index (χ4n) is 3.45. The predicted molar refractivity (Wildman–Crippen MR) is 115 cm³/mol. The monoisotopic (exact) mass is 372 g/mol. The van der Waals surface area contributed by atoms with Gasteiger partial charge in [-0.3, -0.25) is 0 Å². The van der Waals surface area contributed by atoms with Crippen LogP contribution in [0.4, 0.5) is 5.69 Å². The molecule has 0 aliphatic carbocycles. The highest BCUT2D eigenvalue weighted by Gasteiger charge is 2.12. The molecule has 0 amide bonds. The van der Waals surface area contributed by atoms with Crippen LogP contribution in [0, 0.1) is 11.8 Å². The van der Waals surface area contributed by atoms with Crippen molar-refractivity contribution in [3.05, 3.63) is 42.0 Å². The van der Waals surface area contributed by atoms with E-state index in [2.05, 4.69) is 72.7 Å². The molecule has 1 heterocycles. The first-order valence-electron chi connectivity index (χ1n) is 10.2. The lowest BCUT2D eigenvalue weighted by Gasteiger charge is -2.20. The third kappa shape index (κ3) is 7.63. The SMILES string of the molecule is CCNC(=NCc1cccc(N2CC=CC2)c1)NCC(CCO)CC(C)C. The van der Waals surface area contributed by atoms with Crippen molar-refractivity contribution in [2.45, 2.75) is 40.2 Å². The Morgan fingerprint density at radius 2 is 2.00 bits per heavy atom. The lowest BCUT2D eigenvalue weighted by atomic mass is 9.94. The predicted octanol–water partition coefficient (Wildman–Crippen LogP) is 3.16. The van der Waals surface area contributed by atoms with E-state index in [0.717, 1.165) is 45.0 Å². The zero-order valence-electron chi connectivity index (χ0n) is 17.1. The molecule has 0 aromatic heterocycles. The summed E-state index contributed by atoms with van der Waals surface area (Å²) in [5.41, 5.74) is 2.47. The number of aliphatic hydroxyl groups is 1. The first-order chi connectivity index (χ1) is 13.1. The number of guanidine groups is 1. The minimum atomic E-state index is 0.241. The average molecular weight is 373 g/mol. The molecule has 5 nitrogen and oxygen atoms in total. The van der Waals surface area contributed by atoms with Crippen molar-refractivity contribution in [3.63, 3.8) is 0 Å². The van der Waals surface area contributed by atoms with Crippen LogP contribution in [-0.2, 0) is 6.54 Å². The van der Waals surface area contributed by atoms with Crippen LogP contribution in [0.5, 0.6) is 0 Å². The molecule has 27 heavy (non-hydrogen) atoms. The Labute approximate surface area is 164 Å². The van der Waals surface area contributed by atoms with Gasteiger partial charge in [0.25, 0.3) is 0 Å². The number of hydrogen-bond donors (Lipinski definition) is 3. The highest BCUT2D eigenvalue weighted by molar-refractivity contribution is 5.79. The molecular formula is C22H36N4O. The molecule has 0 radical (unpaired) electrons. The van der Waals surface area contributed by atoms with Crippen LogP contribution >= 0.6 is 0 Å². The average Bonchev–Trinajstić information content (AvgIpc) is 3.18. The van der Waals surface area contributed by atoms with E-state index in [-0.39, 0.29) is 6.61 Å². The van der Waals surface area contributed by atoms with Crippen molar-refractivity contribution in [2.24, 2.45) is 16.8 Å². The minimum absolute atomic E-state index is 0.241. The van der Waals surface area contributed by atoms with Gasteiger partial charge in [-0.05, 0) is 49.3 Å². The Morgan fingerprint density at radius 1 is 1.22 bits per heavy atom. The lowest BCUT2D eigenvalue weighted by molar-refractivity contribution is 0.243. The van der Waals surface area contributed by atoms with Crippen molar-refractivity contribution in [2.75, 3.05) is 37.7 Å². The Balaban J connectivity index is 1.94. The molecule has 0 fully saturated rings. The van der Waals surface area contributed by atoms with E-state index in [1.165, 1.54) is 11.3 Å². The molecule has 5 heteroatoms. The summed E-state index contributed by atoms with van der Waals surface area (Å²) in [6, 6.07) is 8.63. The van der Waals surface area contributed by atoms with Gasteiger partial charge in [-0.1, -0.05) is 38.1 Å². The Morgan fingerprint density at radius 3 is 2.67 bits per heavy atom. The van der Waals surface area contributed by atoms with E-state index in [4.69, 9.17) is 4.99 Å². The van der Waals surface area contributed by atoms with Crippen LogP contribution in [0.25, 0.3) is 0 Å². The van der Waals surface area contributed by atoms with E-state index in [9.17, 15) is 5.11 Å². The number of aliphatic imine (C=N–C) groups is 1. The summed E-state index contributed by atoms with van der Waals surface area (Å²) in [6.45, 7) is 11.1. The lowest BCUT2D eigenvalue weighted by Crippen LogP contribution is -2.40. The number of anilines is 1. The van der Waals surface area contributed by atoms with Crippen molar-refractivity contribution in [1.29, 1.82) is 0 Å². The molecule has 1 aromatic carbocycles. The molecule has 0 spiro atoms. The van der Waals surface area contributed by atoms with Crippen molar-refractivity contribution in [1.82, 2.24) is 10.6 Å². The van der Waals surface area contributed by atoms with Gasteiger partial charge in [-0.25, -0.2) is 4.99 Å². The van der Waals surface area contributed by atoms with E-state index >= 15 is 0 Å². The molecule has 2 rings (SSSR count). The summed E-state index contributed by atoms with van der Waals surface area (Å²) in [5.74, 6) is 1.94. The van der Waals surface area contributed by atoms with Crippen LogP contribution in [0.15, 0.2) is 41.4 Å². The summed E-state index contributed by atoms with van der Waals surface area (Å²) in [5, 5.41) is 16.1. The molecule has 1 aliphatic heterocycles. The van der Waals surface area contributed by atoms with Crippen LogP contribution in [0.3, 0.4) is 0 Å². The number of aliphatic hydroxyl groups excluding tert-OH is 1. The van der Waals surface area contributed by atoms with Gasteiger partial charge in [0.1, 0.15) is 0 Å². The molecule has 0 saturated heterocycles. The first-order valence-corrected chi connectivity index (χ1v) is 10.2. The Hall–Kier alpha value is -2.01. The van der Waals surface area contributed by atoms with E-state index in [0.29, 0.717) is 18.4 Å². The minimum Gasteiger partial charge on any atom is -0.396 e. The van der Waals surface area contributed by atoms with Crippen molar-refractivity contribution in [3.8, 4) is 0 Å². The number of nitrogens with one attached hydrogen (secondary N) is 2. The highest BCUT2D eigenvalue weighted by Crippen LogP contribution is 2.19. The number of hydrogen-bond acceptors (Lipinski definition) is 3. The van der Waals surface area contributed by atoms with Gasteiger partial charge >= 0.3 is 0 Å². The van der Waals surface area contributed by atoms with Crippen LogP contribution in [0.2, 0.25) is 0 Å². The topological polar surface area (TPSA) is 59.9 Å². The van der Waals surface area contributed by atoms with Crippen LogP contribution < -0.4 is 15.5 Å². The molecule has 1 aliphatic rings. The second-order valence-electron chi connectivity index (χ2n) is 7.63. The van der Waals surface area contributed by atoms with E-state index in [1.807, 2.05) is 0 Å². The van der Waals surface area contributed by atoms with Gasteiger partial charge in [0.15, 0.2) is 5.96 Å². The van der Waals surface area contributed by atoms with Gasteiger partial charge in [0.2, 0.25) is 0 Å². The maximum Gasteiger partial charge on any atom is 0.191 e. The Bertz CT molecular complexity index is 604. The fraction of sp³-hybridized carbons (Fsp3) is 0.591. The molecule has 1 aromatic rings. The summed E-state index contributed by atoms with van der Waals surface area (Å²) in [6.07, 6.45) is 6.35. The third-order valence-electron chi connectivity index (χ3n) is 4.76. The zero-order valence-corrected chi connectivity index (χ0v) is 17.1. The molecule has 0 bridgehead atoms. The summed E-state index contributed by atoms with van der Waals surface area (Å²) >= 11 is 0.